The molecule has 0 aliphatic heterocycles. The van der Waals surface area contributed by atoms with Gasteiger partial charge >= 0.3 is 0 Å². The molecule has 0 aliphatic carbocycles. The monoisotopic (exact) mass is 330 g/mol. The first-order valence-electron chi connectivity index (χ1n) is 6.51. The molecule has 0 saturated carbocycles. The van der Waals surface area contributed by atoms with Crippen LogP contribution < -0.4 is 4.74 Å². The fourth-order valence-electron chi connectivity index (χ4n) is 2.25. The Morgan fingerprint density at radius 2 is 1.90 bits per heavy atom. The average molecular weight is 331 g/mol. The number of hydrogen-bond acceptors (Lipinski definition) is 2. The molecule has 0 unspecified atom stereocenters. The lowest BCUT2D eigenvalue weighted by molar-refractivity contribution is 0.414. The first-order valence-corrected chi connectivity index (χ1v) is 7.30. The van der Waals surface area contributed by atoms with Gasteiger partial charge in [0.15, 0.2) is 0 Å². The smallest absolute Gasteiger partial charge is 0.118 e. The number of benzene rings is 1. The third-order valence-corrected chi connectivity index (χ3v) is 3.83. The second kappa shape index (κ2) is 5.67. The Bertz CT molecular complexity index is 719. The van der Waals surface area contributed by atoms with Gasteiger partial charge in [0.25, 0.3) is 0 Å². The molecule has 20 heavy (non-hydrogen) atoms. The Labute approximate surface area is 126 Å². The van der Waals surface area contributed by atoms with Crippen molar-refractivity contribution >= 4 is 21.4 Å². The summed E-state index contributed by atoms with van der Waals surface area (Å²) in [6.07, 6.45) is 5.86. The molecule has 0 saturated heterocycles. The molecule has 2 aromatic heterocycles. The highest BCUT2D eigenvalue weighted by molar-refractivity contribution is 9.10. The largest absolute Gasteiger partial charge is 0.497 e. The molecule has 1 aromatic carbocycles. The summed E-state index contributed by atoms with van der Waals surface area (Å²) in [6, 6.07) is 12.3. The van der Waals surface area contributed by atoms with Crippen LogP contribution in [0.4, 0.5) is 0 Å². The number of hydrogen-bond donors (Lipinski definition) is 0. The molecule has 0 bridgehead atoms. The lowest BCUT2D eigenvalue weighted by Gasteiger charge is -2.04. The van der Waals surface area contributed by atoms with Crippen LogP contribution in [0, 0.1) is 0 Å². The third kappa shape index (κ3) is 2.70. The SMILES string of the molecule is COc1ccc(CCc2ncc3ccc(Br)cn23)cc1. The summed E-state index contributed by atoms with van der Waals surface area (Å²) in [5.41, 5.74) is 2.41. The van der Waals surface area contributed by atoms with Gasteiger partial charge in [0.2, 0.25) is 0 Å². The summed E-state index contributed by atoms with van der Waals surface area (Å²) < 4.78 is 8.36. The van der Waals surface area contributed by atoms with E-state index in [4.69, 9.17) is 4.74 Å². The molecular weight excluding hydrogens is 316 g/mol. The van der Waals surface area contributed by atoms with E-state index >= 15 is 0 Å². The predicted molar refractivity (Wildman–Crippen MR) is 83.3 cm³/mol. The van der Waals surface area contributed by atoms with Crippen molar-refractivity contribution in [1.29, 1.82) is 0 Å². The van der Waals surface area contributed by atoms with E-state index in [1.54, 1.807) is 7.11 Å². The summed E-state index contributed by atoms with van der Waals surface area (Å²) in [7, 11) is 1.68. The highest BCUT2D eigenvalue weighted by Gasteiger charge is 2.04. The first kappa shape index (κ1) is 13.2. The van der Waals surface area contributed by atoms with Crippen molar-refractivity contribution in [3.8, 4) is 5.75 Å². The number of rotatable bonds is 4. The van der Waals surface area contributed by atoms with Crippen LogP contribution in [0.5, 0.6) is 5.75 Å². The maximum Gasteiger partial charge on any atom is 0.118 e. The topological polar surface area (TPSA) is 26.5 Å². The maximum atomic E-state index is 5.17. The van der Waals surface area contributed by atoms with Gasteiger partial charge in [-0.25, -0.2) is 4.98 Å². The lowest BCUT2D eigenvalue weighted by Crippen LogP contribution is -1.98. The van der Waals surface area contributed by atoms with Crippen molar-refractivity contribution in [2.45, 2.75) is 12.8 Å². The Morgan fingerprint density at radius 1 is 1.10 bits per heavy atom. The van der Waals surface area contributed by atoms with Gasteiger partial charge < -0.3 is 9.14 Å². The number of pyridine rings is 1. The van der Waals surface area contributed by atoms with Crippen LogP contribution in [-0.2, 0) is 12.8 Å². The average Bonchev–Trinajstić information content (AvgIpc) is 2.88. The molecule has 0 aliphatic rings. The molecule has 3 aromatic rings. The Balaban J connectivity index is 1.77. The Morgan fingerprint density at radius 3 is 2.65 bits per heavy atom. The van der Waals surface area contributed by atoms with Crippen molar-refractivity contribution in [1.82, 2.24) is 9.38 Å². The number of aromatic nitrogens is 2. The number of fused-ring (bicyclic) bond motifs is 1. The quantitative estimate of drug-likeness (QED) is 0.725. The van der Waals surface area contributed by atoms with E-state index in [0.29, 0.717) is 0 Å². The van der Waals surface area contributed by atoms with E-state index < -0.39 is 0 Å². The molecule has 0 atom stereocenters. The fourth-order valence-corrected chi connectivity index (χ4v) is 2.59. The third-order valence-electron chi connectivity index (χ3n) is 3.36. The summed E-state index contributed by atoms with van der Waals surface area (Å²) in [5, 5.41) is 0. The fraction of sp³-hybridized carbons (Fsp3) is 0.188. The first-order chi connectivity index (χ1) is 9.76. The molecule has 0 N–H and O–H groups in total. The van der Waals surface area contributed by atoms with E-state index in [9.17, 15) is 0 Å². The highest BCUT2D eigenvalue weighted by atomic mass is 79.9. The number of ether oxygens (including phenoxy) is 1. The normalized spacial score (nSPS) is 10.9. The van der Waals surface area contributed by atoms with E-state index in [0.717, 1.165) is 34.4 Å². The number of aryl methyl sites for hydroxylation is 2. The minimum Gasteiger partial charge on any atom is -0.497 e. The van der Waals surface area contributed by atoms with Crippen molar-refractivity contribution in [3.05, 3.63) is 64.7 Å². The van der Waals surface area contributed by atoms with E-state index in [1.165, 1.54) is 5.56 Å². The zero-order valence-corrected chi connectivity index (χ0v) is 12.8. The molecule has 0 spiro atoms. The minimum atomic E-state index is 0.893. The molecule has 0 amide bonds. The summed E-state index contributed by atoms with van der Waals surface area (Å²) in [6.45, 7) is 0. The minimum absolute atomic E-state index is 0.893. The van der Waals surface area contributed by atoms with Gasteiger partial charge in [0.05, 0.1) is 18.8 Å². The summed E-state index contributed by atoms with van der Waals surface area (Å²) >= 11 is 3.50. The zero-order chi connectivity index (χ0) is 13.9. The second-order valence-corrected chi connectivity index (χ2v) is 5.58. The number of methoxy groups -OCH3 is 1. The zero-order valence-electron chi connectivity index (χ0n) is 11.2. The predicted octanol–water partition coefficient (Wildman–Crippen LogP) is 3.89. The molecule has 2 heterocycles. The molecule has 4 heteroatoms. The Kier molecular flexibility index (Phi) is 3.74. The lowest BCUT2D eigenvalue weighted by atomic mass is 10.1. The van der Waals surface area contributed by atoms with Gasteiger partial charge in [-0.15, -0.1) is 0 Å². The van der Waals surface area contributed by atoms with E-state index in [2.05, 4.69) is 49.7 Å². The molecule has 102 valence electrons. The highest BCUT2D eigenvalue weighted by Crippen LogP contribution is 2.16. The van der Waals surface area contributed by atoms with Gasteiger partial charge in [-0.05, 0) is 52.2 Å². The van der Waals surface area contributed by atoms with Gasteiger partial charge in [0.1, 0.15) is 11.6 Å². The van der Waals surface area contributed by atoms with Crippen LogP contribution >= 0.6 is 15.9 Å². The van der Waals surface area contributed by atoms with Crippen molar-refractivity contribution in [2.75, 3.05) is 7.11 Å². The molecular formula is C16H15BrN2O. The van der Waals surface area contributed by atoms with Gasteiger partial charge in [0, 0.05) is 17.1 Å². The number of nitrogens with zero attached hydrogens (tertiary/aromatic N) is 2. The van der Waals surface area contributed by atoms with Crippen LogP contribution in [0.2, 0.25) is 0 Å². The Hall–Kier alpha value is -1.81. The van der Waals surface area contributed by atoms with Gasteiger partial charge in [-0.1, -0.05) is 12.1 Å². The van der Waals surface area contributed by atoms with Crippen molar-refractivity contribution < 1.29 is 4.74 Å². The van der Waals surface area contributed by atoms with Crippen molar-refractivity contribution in [2.24, 2.45) is 0 Å². The van der Waals surface area contributed by atoms with Gasteiger partial charge in [-0.3, -0.25) is 0 Å². The second-order valence-electron chi connectivity index (χ2n) is 4.66. The molecule has 3 nitrogen and oxygen atoms in total. The summed E-state index contributed by atoms with van der Waals surface area (Å²) in [4.78, 5) is 4.50. The van der Waals surface area contributed by atoms with Crippen LogP contribution in [-0.4, -0.2) is 16.5 Å². The van der Waals surface area contributed by atoms with Crippen LogP contribution in [0.15, 0.2) is 53.3 Å². The number of halogens is 1. The summed E-state index contributed by atoms with van der Waals surface area (Å²) in [5.74, 6) is 1.97. The standard InChI is InChI=1S/C16H15BrN2O/c1-20-15-7-2-12(3-8-15)4-9-16-18-10-14-6-5-13(17)11-19(14)16/h2-3,5-8,10-11H,4,9H2,1H3. The van der Waals surface area contributed by atoms with E-state index in [1.807, 2.05) is 24.4 Å². The molecule has 0 radical (unpaired) electrons. The van der Waals surface area contributed by atoms with E-state index in [-0.39, 0.29) is 0 Å². The number of imidazole rings is 1. The molecule has 3 rings (SSSR count). The van der Waals surface area contributed by atoms with Crippen molar-refractivity contribution in [3.63, 3.8) is 0 Å². The molecule has 0 fully saturated rings. The van der Waals surface area contributed by atoms with Gasteiger partial charge in [-0.2, -0.15) is 0 Å². The van der Waals surface area contributed by atoms with Crippen LogP contribution in [0.25, 0.3) is 5.52 Å². The maximum absolute atomic E-state index is 5.17. The van der Waals surface area contributed by atoms with Crippen LogP contribution in [0.1, 0.15) is 11.4 Å². The van der Waals surface area contributed by atoms with Crippen LogP contribution in [0.3, 0.4) is 0 Å².